The minimum atomic E-state index is -1.86. The third kappa shape index (κ3) is 2.44. The minimum absolute atomic E-state index is 0.166. The number of benzene rings is 2. The summed E-state index contributed by atoms with van der Waals surface area (Å²) in [6.07, 6.45) is 1.71. The molecule has 0 saturated carbocycles. The topological polar surface area (TPSA) is 38.8 Å². The summed E-state index contributed by atoms with van der Waals surface area (Å²) in [5.41, 5.74) is 4.53. The van der Waals surface area contributed by atoms with Crippen LogP contribution in [0.1, 0.15) is 27.0 Å². The van der Waals surface area contributed by atoms with Crippen molar-refractivity contribution in [3.63, 3.8) is 0 Å². The molecule has 2 aliphatic heterocycles. The zero-order valence-corrected chi connectivity index (χ0v) is 17.8. The molecule has 1 amide bonds. The molecule has 0 N–H and O–H groups in total. The van der Waals surface area contributed by atoms with Crippen molar-refractivity contribution >= 4 is 14.0 Å². The van der Waals surface area contributed by atoms with Crippen LogP contribution in [-0.2, 0) is 18.0 Å². The van der Waals surface area contributed by atoms with Gasteiger partial charge in [-0.25, -0.2) is 0 Å². The maximum Gasteiger partial charge on any atom is 0.254 e. The van der Waals surface area contributed by atoms with Crippen molar-refractivity contribution in [2.24, 2.45) is 0 Å². The van der Waals surface area contributed by atoms with Gasteiger partial charge in [-0.05, 0) is 47.7 Å². The van der Waals surface area contributed by atoms with Gasteiger partial charge >= 0.3 is 0 Å². The summed E-state index contributed by atoms with van der Waals surface area (Å²) < 4.78 is 11.2. The van der Waals surface area contributed by atoms with Gasteiger partial charge in [-0.15, -0.1) is 0 Å². The van der Waals surface area contributed by atoms with Gasteiger partial charge in [-0.1, -0.05) is 37.8 Å². The molecule has 0 spiro atoms. The SMILES string of the molecule is COc1cc2c(cc1OC)C1([Si](C)(C)C)Cc3ccccc3C(=O)N1CC2. The molecule has 0 radical (unpaired) electrons. The predicted molar refractivity (Wildman–Crippen MR) is 109 cm³/mol. The van der Waals surface area contributed by atoms with Gasteiger partial charge in [0.15, 0.2) is 11.5 Å². The van der Waals surface area contributed by atoms with Crippen LogP contribution in [0.3, 0.4) is 0 Å². The van der Waals surface area contributed by atoms with E-state index in [1.165, 1.54) is 11.1 Å². The molecule has 5 heteroatoms. The summed E-state index contributed by atoms with van der Waals surface area (Å²) in [4.78, 5) is 15.6. The molecular weight excluding hydrogens is 354 g/mol. The fourth-order valence-electron chi connectivity index (χ4n) is 4.93. The average molecular weight is 382 g/mol. The molecular formula is C22H27NO3Si. The molecule has 2 heterocycles. The van der Waals surface area contributed by atoms with E-state index in [9.17, 15) is 4.79 Å². The third-order valence-electron chi connectivity index (χ3n) is 6.30. The monoisotopic (exact) mass is 381 g/mol. The lowest BCUT2D eigenvalue weighted by atomic mass is 9.82. The van der Waals surface area contributed by atoms with Gasteiger partial charge in [0.05, 0.1) is 27.5 Å². The smallest absolute Gasteiger partial charge is 0.254 e. The summed E-state index contributed by atoms with van der Waals surface area (Å²) in [7, 11) is 1.49. The molecule has 1 unspecified atom stereocenters. The summed E-state index contributed by atoms with van der Waals surface area (Å²) in [5.74, 6) is 1.67. The van der Waals surface area contributed by atoms with E-state index >= 15 is 0 Å². The maximum atomic E-state index is 13.5. The van der Waals surface area contributed by atoms with Gasteiger partial charge in [-0.3, -0.25) is 4.79 Å². The Bertz CT molecular complexity index is 918. The number of ether oxygens (including phenoxy) is 2. The van der Waals surface area contributed by atoms with Crippen LogP contribution >= 0.6 is 0 Å². The summed E-state index contributed by atoms with van der Waals surface area (Å²) in [5, 5.41) is -0.272. The first kappa shape index (κ1) is 18.1. The summed E-state index contributed by atoms with van der Waals surface area (Å²) in [6, 6.07) is 12.3. The van der Waals surface area contributed by atoms with Crippen LogP contribution in [0.15, 0.2) is 36.4 Å². The van der Waals surface area contributed by atoms with Crippen molar-refractivity contribution < 1.29 is 14.3 Å². The molecule has 0 fully saturated rings. The lowest BCUT2D eigenvalue weighted by Crippen LogP contribution is -2.68. The second-order valence-corrected chi connectivity index (χ2v) is 13.8. The van der Waals surface area contributed by atoms with Crippen molar-refractivity contribution in [3.8, 4) is 11.5 Å². The van der Waals surface area contributed by atoms with Crippen molar-refractivity contribution in [1.82, 2.24) is 4.90 Å². The fourth-order valence-corrected chi connectivity index (χ4v) is 7.71. The normalized spacial score (nSPS) is 21.2. The first-order valence-corrected chi connectivity index (χ1v) is 13.0. The standard InChI is InChI=1S/C22H27NO3Si/c1-25-19-12-15-10-11-23-21(24)17-9-7-6-8-16(17)14-22(23,27(3,4)5)18(15)13-20(19)26-2/h6-9,12-13H,10-11,14H2,1-5H3. The highest BCUT2D eigenvalue weighted by Crippen LogP contribution is 2.50. The third-order valence-corrected chi connectivity index (χ3v) is 9.50. The van der Waals surface area contributed by atoms with Gasteiger partial charge in [-0.2, -0.15) is 0 Å². The van der Waals surface area contributed by atoms with E-state index in [0.717, 1.165) is 42.0 Å². The van der Waals surface area contributed by atoms with Gasteiger partial charge in [0.2, 0.25) is 0 Å². The van der Waals surface area contributed by atoms with Crippen LogP contribution in [0.5, 0.6) is 11.5 Å². The van der Waals surface area contributed by atoms with Gasteiger partial charge in [0.25, 0.3) is 5.91 Å². The van der Waals surface area contributed by atoms with Crippen molar-refractivity contribution in [2.75, 3.05) is 20.8 Å². The van der Waals surface area contributed by atoms with Crippen LogP contribution in [-0.4, -0.2) is 39.6 Å². The van der Waals surface area contributed by atoms with E-state index in [1.54, 1.807) is 14.2 Å². The Morgan fingerprint density at radius 2 is 1.67 bits per heavy atom. The lowest BCUT2D eigenvalue weighted by Gasteiger charge is -2.57. The number of carbonyl (C=O) groups excluding carboxylic acids is 1. The van der Waals surface area contributed by atoms with E-state index < -0.39 is 8.07 Å². The molecule has 0 saturated heterocycles. The van der Waals surface area contributed by atoms with E-state index in [1.807, 2.05) is 18.2 Å². The fraction of sp³-hybridized carbons (Fsp3) is 0.409. The van der Waals surface area contributed by atoms with Crippen molar-refractivity contribution in [2.45, 2.75) is 37.6 Å². The van der Waals surface area contributed by atoms with E-state index in [2.05, 4.69) is 42.7 Å². The van der Waals surface area contributed by atoms with E-state index in [4.69, 9.17) is 9.47 Å². The number of nitrogens with zero attached hydrogens (tertiary/aromatic N) is 1. The Balaban J connectivity index is 2.02. The molecule has 4 nitrogen and oxygen atoms in total. The molecule has 0 aliphatic carbocycles. The van der Waals surface area contributed by atoms with Gasteiger partial charge < -0.3 is 14.4 Å². The Morgan fingerprint density at radius 3 is 2.33 bits per heavy atom. The lowest BCUT2D eigenvalue weighted by molar-refractivity contribution is 0.0541. The number of amides is 1. The molecule has 142 valence electrons. The van der Waals surface area contributed by atoms with Crippen LogP contribution in [0, 0.1) is 0 Å². The largest absolute Gasteiger partial charge is 0.493 e. The molecule has 0 bridgehead atoms. The van der Waals surface area contributed by atoms with Crippen LogP contribution in [0.25, 0.3) is 0 Å². The maximum absolute atomic E-state index is 13.5. The Hall–Kier alpha value is -2.27. The molecule has 2 aliphatic rings. The highest BCUT2D eigenvalue weighted by Gasteiger charge is 2.56. The molecule has 2 aromatic rings. The first-order chi connectivity index (χ1) is 12.8. The number of fused-ring (bicyclic) bond motifs is 4. The zero-order chi connectivity index (χ0) is 19.4. The Kier molecular flexibility index (Phi) is 4.11. The average Bonchev–Trinajstić information content (AvgIpc) is 2.66. The van der Waals surface area contributed by atoms with E-state index in [-0.39, 0.29) is 11.1 Å². The minimum Gasteiger partial charge on any atom is -0.493 e. The Labute approximate surface area is 162 Å². The molecule has 1 atom stereocenters. The zero-order valence-electron chi connectivity index (χ0n) is 16.8. The predicted octanol–water partition coefficient (Wildman–Crippen LogP) is 4.03. The molecule has 4 rings (SSSR count). The molecule has 0 aromatic heterocycles. The highest BCUT2D eigenvalue weighted by atomic mass is 28.3. The van der Waals surface area contributed by atoms with Crippen LogP contribution in [0.2, 0.25) is 19.6 Å². The molecule has 27 heavy (non-hydrogen) atoms. The number of hydrogen-bond acceptors (Lipinski definition) is 3. The van der Waals surface area contributed by atoms with Crippen LogP contribution < -0.4 is 9.47 Å². The summed E-state index contributed by atoms with van der Waals surface area (Å²) in [6.45, 7) is 7.85. The second-order valence-electron chi connectivity index (χ2n) is 8.52. The number of hydrogen-bond donors (Lipinski definition) is 0. The van der Waals surface area contributed by atoms with Crippen molar-refractivity contribution in [1.29, 1.82) is 0 Å². The molecule has 2 aromatic carbocycles. The van der Waals surface area contributed by atoms with E-state index in [0.29, 0.717) is 0 Å². The first-order valence-electron chi connectivity index (χ1n) is 9.49. The summed E-state index contributed by atoms with van der Waals surface area (Å²) >= 11 is 0. The quantitative estimate of drug-likeness (QED) is 0.754. The number of methoxy groups -OCH3 is 2. The second kappa shape index (κ2) is 6.13. The Morgan fingerprint density at radius 1 is 1.00 bits per heavy atom. The highest BCUT2D eigenvalue weighted by molar-refractivity contribution is 6.79. The van der Waals surface area contributed by atoms with Gasteiger partial charge in [0.1, 0.15) is 0 Å². The number of carbonyl (C=O) groups is 1. The van der Waals surface area contributed by atoms with Crippen LogP contribution in [0.4, 0.5) is 0 Å². The number of rotatable bonds is 3. The van der Waals surface area contributed by atoms with Gasteiger partial charge in [0, 0.05) is 12.1 Å². The van der Waals surface area contributed by atoms with Crippen molar-refractivity contribution in [3.05, 3.63) is 58.7 Å².